The number of carbonyl (C=O) groups is 2. The van der Waals surface area contributed by atoms with E-state index < -0.39 is 28.2 Å². The average molecular weight is 533 g/mol. The molecule has 3 aromatic rings. The highest BCUT2D eigenvalue weighted by Gasteiger charge is 2.37. The number of ether oxygens (including phenoxy) is 1. The Hall–Kier alpha value is -4.80. The summed E-state index contributed by atoms with van der Waals surface area (Å²) in [5.74, 6) is -1.92. The fourth-order valence-corrected chi connectivity index (χ4v) is 5.30. The van der Waals surface area contributed by atoms with Crippen LogP contribution in [0.25, 0.3) is 6.08 Å². The highest BCUT2D eigenvalue weighted by atomic mass is 19.1. The van der Waals surface area contributed by atoms with Crippen molar-refractivity contribution >= 4 is 23.6 Å². The van der Waals surface area contributed by atoms with Crippen molar-refractivity contribution in [3.8, 4) is 5.75 Å². The lowest BCUT2D eigenvalue weighted by Gasteiger charge is -2.43. The van der Waals surface area contributed by atoms with Crippen LogP contribution in [0.4, 0.5) is 10.1 Å². The van der Waals surface area contributed by atoms with Gasteiger partial charge in [0.2, 0.25) is 0 Å². The minimum atomic E-state index is -0.772. The number of piperidine rings is 1. The lowest BCUT2D eigenvalue weighted by atomic mass is 9.83. The molecule has 2 bridgehead atoms. The van der Waals surface area contributed by atoms with Crippen LogP contribution in [-0.4, -0.2) is 46.4 Å². The van der Waals surface area contributed by atoms with E-state index in [0.717, 1.165) is 18.2 Å². The zero-order valence-electron chi connectivity index (χ0n) is 21.0. The molecular weight excluding hydrogens is 507 g/mol. The van der Waals surface area contributed by atoms with E-state index in [9.17, 15) is 28.9 Å². The van der Waals surface area contributed by atoms with Crippen LogP contribution in [0, 0.1) is 21.8 Å². The van der Waals surface area contributed by atoms with Gasteiger partial charge in [0.25, 0.3) is 17.4 Å². The van der Waals surface area contributed by atoms with Gasteiger partial charge in [0.05, 0.1) is 12.0 Å². The average Bonchev–Trinajstić information content (AvgIpc) is 2.93. The second kappa shape index (κ2) is 10.5. The van der Waals surface area contributed by atoms with Crippen LogP contribution in [0.3, 0.4) is 0 Å². The molecule has 0 aliphatic carbocycles. The number of methoxy groups -OCH3 is 1. The number of pyridine rings is 1. The van der Waals surface area contributed by atoms with Gasteiger partial charge >= 0.3 is 5.69 Å². The Balaban J connectivity index is 1.46. The van der Waals surface area contributed by atoms with E-state index in [1.165, 1.54) is 49.6 Å². The van der Waals surface area contributed by atoms with Crippen LogP contribution < -0.4 is 15.6 Å². The number of rotatable bonds is 6. The van der Waals surface area contributed by atoms with Gasteiger partial charge in [-0.2, -0.15) is 0 Å². The maximum Gasteiger partial charge on any atom is 0.311 e. The summed E-state index contributed by atoms with van der Waals surface area (Å²) in [5, 5.41) is 14.0. The summed E-state index contributed by atoms with van der Waals surface area (Å²) < 4.78 is 21.3. The molecule has 10 nitrogen and oxygen atoms in total. The Kier molecular flexibility index (Phi) is 6.97. The first-order chi connectivity index (χ1) is 18.7. The normalized spacial score (nSPS) is 18.2. The van der Waals surface area contributed by atoms with Crippen molar-refractivity contribution in [1.29, 1.82) is 0 Å². The highest BCUT2D eigenvalue weighted by Crippen LogP contribution is 2.35. The molecule has 11 heteroatoms. The molecular formula is C28H25FN4O6. The van der Waals surface area contributed by atoms with Gasteiger partial charge in [-0.15, -0.1) is 0 Å². The third-order valence-electron chi connectivity index (χ3n) is 7.09. The Bertz CT molecular complexity index is 1570. The Morgan fingerprint density at radius 2 is 1.90 bits per heavy atom. The van der Waals surface area contributed by atoms with Crippen LogP contribution in [0.15, 0.2) is 71.2 Å². The molecule has 1 saturated heterocycles. The number of halogens is 1. The van der Waals surface area contributed by atoms with E-state index in [1.807, 2.05) is 6.07 Å². The molecule has 3 heterocycles. The van der Waals surface area contributed by atoms with Crippen LogP contribution in [0.5, 0.6) is 5.75 Å². The summed E-state index contributed by atoms with van der Waals surface area (Å²) in [6, 6.07) is 14.6. The van der Waals surface area contributed by atoms with Crippen molar-refractivity contribution in [2.45, 2.75) is 18.9 Å². The first-order valence-electron chi connectivity index (χ1n) is 12.3. The Morgan fingerprint density at radius 3 is 2.64 bits per heavy atom. The first kappa shape index (κ1) is 25.8. The summed E-state index contributed by atoms with van der Waals surface area (Å²) in [5.41, 5.74) is 0.214. The van der Waals surface area contributed by atoms with Crippen molar-refractivity contribution in [3.63, 3.8) is 0 Å². The quantitative estimate of drug-likeness (QED) is 0.295. The number of hydrogen-bond acceptors (Lipinski definition) is 6. The topological polar surface area (TPSA) is 124 Å². The molecule has 2 aromatic carbocycles. The van der Waals surface area contributed by atoms with Crippen molar-refractivity contribution in [1.82, 2.24) is 14.8 Å². The van der Waals surface area contributed by atoms with Gasteiger partial charge in [-0.3, -0.25) is 24.5 Å². The Morgan fingerprint density at radius 1 is 1.10 bits per heavy atom. The lowest BCUT2D eigenvalue weighted by molar-refractivity contribution is -0.385. The number of likely N-dealkylation sites (tertiary alicyclic amines) is 1. The number of hydrogen-bond donors (Lipinski definition) is 1. The molecule has 0 spiro atoms. The first-order valence-corrected chi connectivity index (χ1v) is 12.3. The monoisotopic (exact) mass is 532 g/mol. The third-order valence-corrected chi connectivity index (χ3v) is 7.09. The van der Waals surface area contributed by atoms with E-state index in [4.69, 9.17) is 4.74 Å². The molecule has 1 N–H and O–H groups in total. The lowest BCUT2D eigenvalue weighted by Crippen LogP contribution is -2.50. The molecule has 1 fully saturated rings. The molecule has 39 heavy (non-hydrogen) atoms. The number of benzene rings is 2. The summed E-state index contributed by atoms with van der Waals surface area (Å²) >= 11 is 0. The van der Waals surface area contributed by atoms with Gasteiger partial charge in [0.15, 0.2) is 5.75 Å². The van der Waals surface area contributed by atoms with Crippen molar-refractivity contribution < 1.29 is 23.6 Å². The van der Waals surface area contributed by atoms with E-state index in [1.54, 1.807) is 21.6 Å². The zero-order valence-corrected chi connectivity index (χ0v) is 21.0. The van der Waals surface area contributed by atoms with Crippen molar-refractivity contribution in [3.05, 3.63) is 109 Å². The summed E-state index contributed by atoms with van der Waals surface area (Å²) in [6.07, 6.45) is 2.08. The molecule has 2 atom stereocenters. The maximum absolute atomic E-state index is 14.5. The third kappa shape index (κ3) is 5.15. The second-order valence-corrected chi connectivity index (χ2v) is 9.59. The molecule has 0 radical (unpaired) electrons. The predicted molar refractivity (Wildman–Crippen MR) is 140 cm³/mol. The molecule has 5 rings (SSSR count). The van der Waals surface area contributed by atoms with E-state index in [-0.39, 0.29) is 40.0 Å². The number of nitro benzene ring substituents is 1. The van der Waals surface area contributed by atoms with Gasteiger partial charge in [-0.25, -0.2) is 4.39 Å². The van der Waals surface area contributed by atoms with Crippen molar-refractivity contribution in [2.24, 2.45) is 5.92 Å². The molecule has 2 aliphatic rings. The fourth-order valence-electron chi connectivity index (χ4n) is 5.30. The van der Waals surface area contributed by atoms with Gasteiger partial charge in [-0.05, 0) is 42.7 Å². The van der Waals surface area contributed by atoms with Crippen molar-refractivity contribution in [2.75, 3.05) is 20.2 Å². The summed E-state index contributed by atoms with van der Waals surface area (Å²) in [7, 11) is 1.28. The molecule has 2 unspecified atom stereocenters. The zero-order chi connectivity index (χ0) is 27.7. The van der Waals surface area contributed by atoms with E-state index in [2.05, 4.69) is 5.32 Å². The smallest absolute Gasteiger partial charge is 0.311 e. The van der Waals surface area contributed by atoms with E-state index in [0.29, 0.717) is 19.6 Å². The fraction of sp³-hybridized carbons (Fsp3) is 0.250. The number of nitrogens with one attached hydrogen (secondary N) is 1. The number of nitrogens with zero attached hydrogens (tertiary/aromatic N) is 3. The molecule has 1 aromatic heterocycles. The SMILES string of the molecule is COc1ccc(C(=O)NC(=Cc2ccccc2F)C(=O)N2CC3CC(C2)c2cccc(=O)n2C3)cc1[N+](=O)[O-]. The van der Waals surface area contributed by atoms with E-state index >= 15 is 0 Å². The maximum atomic E-state index is 14.5. The van der Waals surface area contributed by atoms with Crippen LogP contribution in [-0.2, 0) is 11.3 Å². The summed E-state index contributed by atoms with van der Waals surface area (Å²) in [4.78, 5) is 51.7. The van der Waals surface area contributed by atoms with Crippen LogP contribution in [0.2, 0.25) is 0 Å². The predicted octanol–water partition coefficient (Wildman–Crippen LogP) is 3.32. The number of aromatic nitrogens is 1. The molecule has 0 saturated carbocycles. The number of amides is 2. The number of nitro groups is 1. The van der Waals surface area contributed by atoms with Gasteiger partial charge in [0.1, 0.15) is 11.5 Å². The number of fused-ring (bicyclic) bond motifs is 4. The molecule has 200 valence electrons. The highest BCUT2D eigenvalue weighted by molar-refractivity contribution is 6.05. The van der Waals surface area contributed by atoms with Gasteiger partial charge < -0.3 is 19.5 Å². The molecule has 2 amide bonds. The summed E-state index contributed by atoms with van der Waals surface area (Å²) in [6.45, 7) is 1.15. The van der Waals surface area contributed by atoms with Crippen LogP contribution in [0.1, 0.15) is 34.0 Å². The Labute approximate surface area is 222 Å². The minimum absolute atomic E-state index is 0.0195. The second-order valence-electron chi connectivity index (χ2n) is 9.59. The van der Waals surface area contributed by atoms with Gasteiger partial charge in [-0.1, -0.05) is 24.3 Å². The number of carbonyl (C=O) groups excluding carboxylic acids is 2. The standard InChI is InChI=1S/C28H25FN4O6/c1-39-25-10-9-19(13-24(25)33(37)38)27(35)30-22(12-18-5-2-3-6-21(18)29)28(36)31-14-17-11-20(16-31)23-7-4-8-26(34)32(23)15-17/h2-10,12-13,17,20H,11,14-16H2,1H3,(H,30,35). The molecule has 2 aliphatic heterocycles. The van der Waals surface area contributed by atoms with Gasteiger partial charge in [0, 0.05) is 54.5 Å². The minimum Gasteiger partial charge on any atom is -0.490 e. The largest absolute Gasteiger partial charge is 0.490 e. The van der Waals surface area contributed by atoms with Crippen LogP contribution >= 0.6 is 0 Å².